The van der Waals surface area contributed by atoms with E-state index in [2.05, 4.69) is 26.1 Å². The third kappa shape index (κ3) is 4.98. The third-order valence-electron chi connectivity index (χ3n) is 3.40. The smallest absolute Gasteiger partial charge is 0.0555 e. The first-order chi connectivity index (χ1) is 7.03. The van der Waals surface area contributed by atoms with E-state index in [4.69, 9.17) is 0 Å². The van der Waals surface area contributed by atoms with E-state index >= 15 is 0 Å². The lowest BCUT2D eigenvalue weighted by molar-refractivity contribution is 0.102. The second-order valence-electron chi connectivity index (χ2n) is 5.65. The van der Waals surface area contributed by atoms with Gasteiger partial charge < -0.3 is 10.4 Å². The highest BCUT2D eigenvalue weighted by Gasteiger charge is 2.25. The number of aliphatic hydroxyl groups is 1. The molecule has 1 saturated carbocycles. The summed E-state index contributed by atoms with van der Waals surface area (Å²) in [5.41, 5.74) is 0.234. The first-order valence-corrected chi connectivity index (χ1v) is 6.49. The van der Waals surface area contributed by atoms with Crippen molar-refractivity contribution < 1.29 is 5.11 Å². The van der Waals surface area contributed by atoms with Gasteiger partial charge in [-0.15, -0.1) is 0 Å². The summed E-state index contributed by atoms with van der Waals surface area (Å²) in [5, 5.41) is 13.3. The minimum absolute atomic E-state index is 0.0711. The average Bonchev–Trinajstić information content (AvgIpc) is 2.14. The van der Waals surface area contributed by atoms with Crippen LogP contribution in [0.25, 0.3) is 0 Å². The average molecular weight is 213 g/mol. The van der Waals surface area contributed by atoms with Gasteiger partial charge in [-0.1, -0.05) is 19.8 Å². The summed E-state index contributed by atoms with van der Waals surface area (Å²) in [7, 11) is 0. The summed E-state index contributed by atoms with van der Waals surface area (Å²) in [6.45, 7) is 6.80. The number of aliphatic hydroxyl groups excluding tert-OH is 1. The minimum Gasteiger partial charge on any atom is -0.393 e. The maximum Gasteiger partial charge on any atom is 0.0555 e. The molecule has 2 unspecified atom stereocenters. The summed E-state index contributed by atoms with van der Waals surface area (Å²) < 4.78 is 0. The number of unbranched alkanes of at least 4 members (excludes halogenated alkanes) is 1. The van der Waals surface area contributed by atoms with E-state index < -0.39 is 0 Å². The van der Waals surface area contributed by atoms with Crippen LogP contribution in [0.15, 0.2) is 0 Å². The van der Waals surface area contributed by atoms with Gasteiger partial charge >= 0.3 is 0 Å². The standard InChI is InChI=1S/C13H27NO/c1-4-5-9-13(2,3)14-11-7-6-8-12(15)10-11/h11-12,14-15H,4-10H2,1-3H3. The van der Waals surface area contributed by atoms with Crippen LogP contribution in [-0.2, 0) is 0 Å². The Kier molecular flexibility index (Phi) is 5.07. The maximum atomic E-state index is 9.61. The summed E-state index contributed by atoms with van der Waals surface area (Å²) in [4.78, 5) is 0. The van der Waals surface area contributed by atoms with E-state index in [0.717, 1.165) is 12.8 Å². The van der Waals surface area contributed by atoms with Gasteiger partial charge in [0.25, 0.3) is 0 Å². The van der Waals surface area contributed by atoms with E-state index in [0.29, 0.717) is 6.04 Å². The van der Waals surface area contributed by atoms with Gasteiger partial charge in [-0.25, -0.2) is 0 Å². The second kappa shape index (κ2) is 5.86. The molecule has 0 aromatic rings. The lowest BCUT2D eigenvalue weighted by Gasteiger charge is -2.35. The van der Waals surface area contributed by atoms with Crippen LogP contribution in [-0.4, -0.2) is 22.8 Å². The Labute approximate surface area is 94.5 Å². The molecule has 0 heterocycles. The fourth-order valence-corrected chi connectivity index (χ4v) is 2.54. The number of rotatable bonds is 5. The van der Waals surface area contributed by atoms with Crippen LogP contribution in [0, 0.1) is 0 Å². The van der Waals surface area contributed by atoms with Gasteiger partial charge in [0.15, 0.2) is 0 Å². The molecule has 2 nitrogen and oxygen atoms in total. The zero-order valence-electron chi connectivity index (χ0n) is 10.6. The van der Waals surface area contributed by atoms with Crippen molar-refractivity contribution in [1.29, 1.82) is 0 Å². The predicted octanol–water partition coefficient (Wildman–Crippen LogP) is 2.85. The van der Waals surface area contributed by atoms with Gasteiger partial charge in [-0.3, -0.25) is 0 Å². The summed E-state index contributed by atoms with van der Waals surface area (Å²) >= 11 is 0. The highest BCUT2D eigenvalue weighted by Crippen LogP contribution is 2.22. The fourth-order valence-electron chi connectivity index (χ4n) is 2.54. The quantitative estimate of drug-likeness (QED) is 0.736. The van der Waals surface area contributed by atoms with Crippen molar-refractivity contribution in [3.63, 3.8) is 0 Å². The van der Waals surface area contributed by atoms with Crippen molar-refractivity contribution in [1.82, 2.24) is 5.32 Å². The molecule has 1 rings (SSSR count). The Balaban J connectivity index is 2.31. The Morgan fingerprint density at radius 2 is 2.07 bits per heavy atom. The molecule has 1 aliphatic rings. The number of hydrogen-bond acceptors (Lipinski definition) is 2. The van der Waals surface area contributed by atoms with Gasteiger partial charge in [0.2, 0.25) is 0 Å². The molecule has 2 heteroatoms. The Morgan fingerprint density at radius 3 is 2.67 bits per heavy atom. The van der Waals surface area contributed by atoms with Gasteiger partial charge in [0.1, 0.15) is 0 Å². The molecular formula is C13H27NO. The van der Waals surface area contributed by atoms with E-state index in [1.54, 1.807) is 0 Å². The molecule has 1 aliphatic carbocycles. The zero-order valence-corrected chi connectivity index (χ0v) is 10.6. The molecule has 1 fully saturated rings. The Bertz CT molecular complexity index is 179. The van der Waals surface area contributed by atoms with E-state index in [-0.39, 0.29) is 11.6 Å². The molecule has 2 N–H and O–H groups in total. The summed E-state index contributed by atoms with van der Waals surface area (Å²) in [6.07, 6.45) is 8.04. The molecule has 0 radical (unpaired) electrons. The predicted molar refractivity (Wildman–Crippen MR) is 65.0 cm³/mol. The Hall–Kier alpha value is -0.0800. The molecule has 2 atom stereocenters. The molecule has 15 heavy (non-hydrogen) atoms. The monoisotopic (exact) mass is 213 g/mol. The minimum atomic E-state index is -0.0711. The molecule has 0 spiro atoms. The first kappa shape index (κ1) is 13.0. The van der Waals surface area contributed by atoms with Crippen molar-refractivity contribution in [2.24, 2.45) is 0 Å². The van der Waals surface area contributed by atoms with Gasteiger partial charge in [0, 0.05) is 11.6 Å². The van der Waals surface area contributed by atoms with Crippen LogP contribution < -0.4 is 5.32 Å². The van der Waals surface area contributed by atoms with Gasteiger partial charge in [-0.05, 0) is 46.0 Å². The lowest BCUT2D eigenvalue weighted by atomic mass is 9.89. The van der Waals surface area contributed by atoms with Crippen LogP contribution in [0.4, 0.5) is 0 Å². The topological polar surface area (TPSA) is 32.3 Å². The number of hydrogen-bond donors (Lipinski definition) is 2. The summed E-state index contributed by atoms with van der Waals surface area (Å²) in [6, 6.07) is 0.528. The Morgan fingerprint density at radius 1 is 1.33 bits per heavy atom. The van der Waals surface area contributed by atoms with Crippen molar-refractivity contribution >= 4 is 0 Å². The van der Waals surface area contributed by atoms with Crippen molar-refractivity contribution in [2.45, 2.75) is 83.4 Å². The zero-order chi connectivity index (χ0) is 11.3. The van der Waals surface area contributed by atoms with Crippen molar-refractivity contribution in [2.75, 3.05) is 0 Å². The lowest BCUT2D eigenvalue weighted by Crippen LogP contribution is -2.48. The summed E-state index contributed by atoms with van der Waals surface area (Å²) in [5.74, 6) is 0. The first-order valence-electron chi connectivity index (χ1n) is 6.49. The molecular weight excluding hydrogens is 186 g/mol. The molecule has 90 valence electrons. The van der Waals surface area contributed by atoms with E-state index in [1.807, 2.05) is 0 Å². The van der Waals surface area contributed by atoms with E-state index in [9.17, 15) is 5.11 Å². The van der Waals surface area contributed by atoms with Crippen molar-refractivity contribution in [3.05, 3.63) is 0 Å². The third-order valence-corrected chi connectivity index (χ3v) is 3.40. The highest BCUT2D eigenvalue weighted by atomic mass is 16.3. The van der Waals surface area contributed by atoms with Crippen LogP contribution in [0.1, 0.15) is 65.7 Å². The molecule has 0 aromatic carbocycles. The van der Waals surface area contributed by atoms with Crippen LogP contribution in [0.2, 0.25) is 0 Å². The second-order valence-corrected chi connectivity index (χ2v) is 5.65. The molecule has 0 bridgehead atoms. The van der Waals surface area contributed by atoms with E-state index in [1.165, 1.54) is 32.1 Å². The van der Waals surface area contributed by atoms with Crippen LogP contribution in [0.3, 0.4) is 0 Å². The van der Waals surface area contributed by atoms with Gasteiger partial charge in [-0.2, -0.15) is 0 Å². The highest BCUT2D eigenvalue weighted by molar-refractivity contribution is 4.85. The van der Waals surface area contributed by atoms with Gasteiger partial charge in [0.05, 0.1) is 6.10 Å². The molecule has 0 amide bonds. The van der Waals surface area contributed by atoms with Crippen LogP contribution in [0.5, 0.6) is 0 Å². The SMILES string of the molecule is CCCCC(C)(C)NC1CCCC(O)C1. The fraction of sp³-hybridized carbons (Fsp3) is 1.00. The normalized spacial score (nSPS) is 28.0. The molecule has 0 saturated heterocycles. The van der Waals surface area contributed by atoms with Crippen molar-refractivity contribution in [3.8, 4) is 0 Å². The molecule has 0 aliphatic heterocycles. The largest absolute Gasteiger partial charge is 0.393 e. The maximum absolute atomic E-state index is 9.61. The van der Waals surface area contributed by atoms with Crippen LogP contribution >= 0.6 is 0 Å². The number of nitrogens with one attached hydrogen (secondary N) is 1. The molecule has 0 aromatic heterocycles.